The van der Waals surface area contributed by atoms with Crippen LogP contribution in [0, 0.1) is 5.92 Å². The minimum atomic E-state index is 0.441. The maximum Gasteiger partial charge on any atom is 0.0700 e. The van der Waals surface area contributed by atoms with Gasteiger partial charge in [0.1, 0.15) is 0 Å². The molecule has 0 bridgehead atoms. The minimum Gasteiger partial charge on any atom is -0.376 e. The summed E-state index contributed by atoms with van der Waals surface area (Å²) in [7, 11) is 0. The van der Waals surface area contributed by atoms with Crippen LogP contribution >= 0.6 is 0 Å². The Balaban J connectivity index is 2.48. The number of likely N-dealkylation sites (N-methyl/N-ethyl adjacent to an activating group) is 1. The van der Waals surface area contributed by atoms with Crippen molar-refractivity contribution >= 4 is 0 Å². The second kappa shape index (κ2) is 7.25. The normalized spacial score (nSPS) is 24.9. The topological polar surface area (TPSA) is 24.5 Å². The summed E-state index contributed by atoms with van der Waals surface area (Å²) >= 11 is 0. The molecule has 0 amide bonds. The van der Waals surface area contributed by atoms with E-state index < -0.39 is 0 Å². The number of rotatable bonds is 6. The first-order chi connectivity index (χ1) is 7.69. The van der Waals surface area contributed by atoms with Gasteiger partial charge in [0, 0.05) is 25.7 Å². The molecular weight excluding hydrogens is 200 g/mol. The average Bonchev–Trinajstić information content (AvgIpc) is 2.29. The van der Waals surface area contributed by atoms with Gasteiger partial charge < -0.3 is 10.1 Å². The second-order valence-electron chi connectivity index (χ2n) is 5.02. The van der Waals surface area contributed by atoms with Crippen molar-refractivity contribution in [2.24, 2.45) is 5.92 Å². The molecule has 0 aliphatic carbocycles. The summed E-state index contributed by atoms with van der Waals surface area (Å²) in [5.41, 5.74) is 0. The third kappa shape index (κ3) is 4.04. The van der Waals surface area contributed by atoms with Gasteiger partial charge in [-0.3, -0.25) is 4.90 Å². The fourth-order valence-corrected chi connectivity index (χ4v) is 2.37. The summed E-state index contributed by atoms with van der Waals surface area (Å²) in [5, 5.41) is 3.48. The Hall–Kier alpha value is -0.120. The highest BCUT2D eigenvalue weighted by Crippen LogP contribution is 2.16. The smallest absolute Gasteiger partial charge is 0.0700 e. The van der Waals surface area contributed by atoms with E-state index in [2.05, 4.69) is 37.9 Å². The van der Waals surface area contributed by atoms with Gasteiger partial charge in [-0.2, -0.15) is 0 Å². The summed E-state index contributed by atoms with van der Waals surface area (Å²) in [6.07, 6.45) is 1.57. The Kier molecular flexibility index (Phi) is 6.32. The van der Waals surface area contributed by atoms with E-state index in [1.165, 1.54) is 0 Å². The molecule has 1 saturated heterocycles. The zero-order chi connectivity index (χ0) is 12.0. The van der Waals surface area contributed by atoms with Crippen LogP contribution in [0.15, 0.2) is 0 Å². The summed E-state index contributed by atoms with van der Waals surface area (Å²) in [6, 6.07) is 0.651. The summed E-state index contributed by atoms with van der Waals surface area (Å²) in [6.45, 7) is 14.3. The molecule has 0 spiro atoms. The number of morpholine rings is 1. The molecule has 96 valence electrons. The predicted octanol–water partition coefficient (Wildman–Crippen LogP) is 1.73. The molecule has 2 unspecified atom stereocenters. The standard InChI is InChI=1S/C13H28N2O/c1-5-12-10-15(7-8-16-12)13(11(3)4)9-14-6-2/h11-14H,5-10H2,1-4H3. The van der Waals surface area contributed by atoms with E-state index >= 15 is 0 Å². The van der Waals surface area contributed by atoms with Crippen molar-refractivity contribution in [1.82, 2.24) is 10.2 Å². The molecule has 3 nitrogen and oxygen atoms in total. The Bertz CT molecular complexity index is 185. The van der Waals surface area contributed by atoms with E-state index in [-0.39, 0.29) is 0 Å². The lowest BCUT2D eigenvalue weighted by Crippen LogP contribution is -2.52. The van der Waals surface area contributed by atoms with Crippen molar-refractivity contribution in [3.05, 3.63) is 0 Å². The van der Waals surface area contributed by atoms with Crippen molar-refractivity contribution in [3.8, 4) is 0 Å². The first-order valence-electron chi connectivity index (χ1n) is 6.75. The van der Waals surface area contributed by atoms with Crippen LogP contribution in [0.3, 0.4) is 0 Å². The van der Waals surface area contributed by atoms with Crippen LogP contribution in [-0.4, -0.2) is 49.8 Å². The molecule has 3 heteroatoms. The number of ether oxygens (including phenoxy) is 1. The van der Waals surface area contributed by atoms with Crippen LogP contribution in [0.4, 0.5) is 0 Å². The van der Waals surface area contributed by atoms with Crippen molar-refractivity contribution in [1.29, 1.82) is 0 Å². The van der Waals surface area contributed by atoms with Gasteiger partial charge in [-0.25, -0.2) is 0 Å². The monoisotopic (exact) mass is 228 g/mol. The van der Waals surface area contributed by atoms with E-state index in [0.717, 1.165) is 39.2 Å². The van der Waals surface area contributed by atoms with E-state index in [4.69, 9.17) is 4.74 Å². The molecule has 2 atom stereocenters. The number of nitrogens with one attached hydrogen (secondary N) is 1. The van der Waals surface area contributed by atoms with E-state index in [0.29, 0.717) is 18.1 Å². The lowest BCUT2D eigenvalue weighted by atomic mass is 10.0. The Morgan fingerprint density at radius 2 is 2.12 bits per heavy atom. The second-order valence-corrected chi connectivity index (χ2v) is 5.02. The molecule has 0 aromatic rings. The van der Waals surface area contributed by atoms with Crippen LogP contribution in [0.5, 0.6) is 0 Å². The zero-order valence-corrected chi connectivity index (χ0v) is 11.3. The SMILES string of the molecule is CCNCC(C(C)C)N1CCOC(CC)C1. The molecule has 1 heterocycles. The molecule has 0 aromatic carbocycles. The summed E-state index contributed by atoms with van der Waals surface area (Å²) in [4.78, 5) is 2.60. The molecule has 1 N–H and O–H groups in total. The van der Waals surface area contributed by atoms with Crippen LogP contribution < -0.4 is 5.32 Å². The fourth-order valence-electron chi connectivity index (χ4n) is 2.37. The molecule has 0 aromatic heterocycles. The first-order valence-corrected chi connectivity index (χ1v) is 6.75. The lowest BCUT2D eigenvalue weighted by molar-refractivity contribution is -0.0504. The summed E-state index contributed by atoms with van der Waals surface area (Å²) in [5.74, 6) is 0.703. The third-order valence-corrected chi connectivity index (χ3v) is 3.47. The van der Waals surface area contributed by atoms with Crippen LogP contribution in [-0.2, 0) is 4.74 Å². The molecule has 1 aliphatic heterocycles. The first kappa shape index (κ1) is 13.9. The third-order valence-electron chi connectivity index (χ3n) is 3.47. The molecule has 16 heavy (non-hydrogen) atoms. The number of hydrogen-bond acceptors (Lipinski definition) is 3. The molecule has 0 radical (unpaired) electrons. The Morgan fingerprint density at radius 1 is 1.38 bits per heavy atom. The van der Waals surface area contributed by atoms with Crippen molar-refractivity contribution in [2.45, 2.75) is 46.3 Å². The highest BCUT2D eigenvalue weighted by molar-refractivity contribution is 4.81. The Labute approximate surface area is 101 Å². The van der Waals surface area contributed by atoms with Crippen molar-refractivity contribution in [2.75, 3.05) is 32.8 Å². The number of nitrogens with zero attached hydrogens (tertiary/aromatic N) is 1. The van der Waals surface area contributed by atoms with E-state index in [1.807, 2.05) is 0 Å². The van der Waals surface area contributed by atoms with E-state index in [1.54, 1.807) is 0 Å². The molecule has 1 rings (SSSR count). The van der Waals surface area contributed by atoms with Gasteiger partial charge in [0.05, 0.1) is 12.7 Å². The maximum atomic E-state index is 5.73. The summed E-state index contributed by atoms with van der Waals surface area (Å²) < 4.78 is 5.73. The van der Waals surface area contributed by atoms with Crippen LogP contribution in [0.25, 0.3) is 0 Å². The Morgan fingerprint density at radius 3 is 2.69 bits per heavy atom. The van der Waals surface area contributed by atoms with Gasteiger partial charge >= 0.3 is 0 Å². The molecule has 1 fully saturated rings. The van der Waals surface area contributed by atoms with Gasteiger partial charge in [0.15, 0.2) is 0 Å². The average molecular weight is 228 g/mol. The fraction of sp³-hybridized carbons (Fsp3) is 1.00. The van der Waals surface area contributed by atoms with Gasteiger partial charge in [0.2, 0.25) is 0 Å². The van der Waals surface area contributed by atoms with Crippen molar-refractivity contribution in [3.63, 3.8) is 0 Å². The van der Waals surface area contributed by atoms with Gasteiger partial charge in [0.25, 0.3) is 0 Å². The van der Waals surface area contributed by atoms with Gasteiger partial charge in [-0.05, 0) is 18.9 Å². The molecule has 0 saturated carbocycles. The van der Waals surface area contributed by atoms with Crippen LogP contribution in [0.1, 0.15) is 34.1 Å². The molecule has 1 aliphatic rings. The predicted molar refractivity (Wildman–Crippen MR) is 68.8 cm³/mol. The quantitative estimate of drug-likeness (QED) is 0.749. The highest BCUT2D eigenvalue weighted by Gasteiger charge is 2.26. The maximum absolute atomic E-state index is 5.73. The lowest BCUT2D eigenvalue weighted by Gasteiger charge is -2.40. The number of hydrogen-bond donors (Lipinski definition) is 1. The van der Waals surface area contributed by atoms with Gasteiger partial charge in [-0.1, -0.05) is 27.7 Å². The van der Waals surface area contributed by atoms with Gasteiger partial charge in [-0.15, -0.1) is 0 Å². The highest BCUT2D eigenvalue weighted by atomic mass is 16.5. The largest absolute Gasteiger partial charge is 0.376 e. The van der Waals surface area contributed by atoms with E-state index in [9.17, 15) is 0 Å². The minimum absolute atomic E-state index is 0.441. The van der Waals surface area contributed by atoms with Crippen LogP contribution in [0.2, 0.25) is 0 Å². The zero-order valence-electron chi connectivity index (χ0n) is 11.3. The molecular formula is C13H28N2O. The van der Waals surface area contributed by atoms with Crippen molar-refractivity contribution < 1.29 is 4.74 Å².